The van der Waals surface area contributed by atoms with E-state index in [2.05, 4.69) is 4.98 Å². The number of likely N-dealkylation sites (tertiary alicyclic amines) is 1. The molecule has 138 valence electrons. The molecule has 1 amide bonds. The van der Waals surface area contributed by atoms with Gasteiger partial charge in [-0.2, -0.15) is 0 Å². The van der Waals surface area contributed by atoms with Crippen molar-refractivity contribution < 1.29 is 19.1 Å². The lowest BCUT2D eigenvalue weighted by Crippen LogP contribution is -2.44. The molecule has 1 aliphatic rings. The molecule has 26 heavy (non-hydrogen) atoms. The number of rotatable bonds is 6. The van der Waals surface area contributed by atoms with Crippen LogP contribution in [0.3, 0.4) is 0 Å². The van der Waals surface area contributed by atoms with Gasteiger partial charge >= 0.3 is 5.97 Å². The van der Waals surface area contributed by atoms with Crippen molar-refractivity contribution in [1.82, 2.24) is 9.88 Å². The van der Waals surface area contributed by atoms with Crippen molar-refractivity contribution in [2.45, 2.75) is 44.6 Å². The first-order valence-corrected chi connectivity index (χ1v) is 9.63. The molecule has 1 aliphatic heterocycles. The number of hydrogen-bond acceptors (Lipinski definition) is 4. The number of benzene rings is 1. The first-order valence-electron chi connectivity index (χ1n) is 8.75. The maximum Gasteiger partial charge on any atom is 0.303 e. The minimum Gasteiger partial charge on any atom is -0.481 e. The standard InChI is InChI=1S/C19H21FN2O3S/c20-15-7-2-1-5-13(15)11-17-21-16(12-26-17)19(25)22-10-4-3-6-14(22)8-9-18(23)24/h1-2,5,7,12,14H,3-4,6,8-11H2,(H,23,24). The highest BCUT2D eigenvalue weighted by Gasteiger charge is 2.29. The number of aromatic nitrogens is 1. The van der Waals surface area contributed by atoms with Crippen molar-refractivity contribution in [2.75, 3.05) is 6.54 Å². The van der Waals surface area contributed by atoms with Gasteiger partial charge in [0.1, 0.15) is 11.5 Å². The van der Waals surface area contributed by atoms with E-state index < -0.39 is 5.97 Å². The van der Waals surface area contributed by atoms with Gasteiger partial charge in [-0.3, -0.25) is 9.59 Å². The van der Waals surface area contributed by atoms with E-state index >= 15 is 0 Å². The minimum atomic E-state index is -0.844. The Morgan fingerprint density at radius 1 is 1.31 bits per heavy atom. The largest absolute Gasteiger partial charge is 0.481 e. The normalized spacial score (nSPS) is 17.3. The maximum absolute atomic E-state index is 13.8. The molecule has 7 heteroatoms. The molecule has 0 aliphatic carbocycles. The summed E-state index contributed by atoms with van der Waals surface area (Å²) in [6, 6.07) is 6.49. The Balaban J connectivity index is 1.70. The summed E-state index contributed by atoms with van der Waals surface area (Å²) in [5.41, 5.74) is 0.918. The van der Waals surface area contributed by atoms with E-state index in [0.29, 0.717) is 35.7 Å². The molecule has 1 fully saturated rings. The van der Waals surface area contributed by atoms with Crippen molar-refractivity contribution in [1.29, 1.82) is 0 Å². The van der Waals surface area contributed by atoms with Gasteiger partial charge in [0.25, 0.3) is 5.91 Å². The molecule has 1 aromatic carbocycles. The quantitative estimate of drug-likeness (QED) is 0.834. The third-order valence-electron chi connectivity index (χ3n) is 4.65. The number of amides is 1. The van der Waals surface area contributed by atoms with Crippen LogP contribution in [0.2, 0.25) is 0 Å². The fourth-order valence-electron chi connectivity index (χ4n) is 3.30. The van der Waals surface area contributed by atoms with Crippen LogP contribution in [0.1, 0.15) is 53.2 Å². The number of carbonyl (C=O) groups excluding carboxylic acids is 1. The average Bonchev–Trinajstić information content (AvgIpc) is 3.10. The average molecular weight is 376 g/mol. The monoisotopic (exact) mass is 376 g/mol. The second-order valence-corrected chi connectivity index (χ2v) is 7.42. The molecule has 0 radical (unpaired) electrons. The van der Waals surface area contributed by atoms with Crippen LogP contribution in [0.25, 0.3) is 0 Å². The van der Waals surface area contributed by atoms with E-state index in [9.17, 15) is 14.0 Å². The second-order valence-electron chi connectivity index (χ2n) is 6.48. The fraction of sp³-hybridized carbons (Fsp3) is 0.421. The summed E-state index contributed by atoms with van der Waals surface area (Å²) in [6.07, 6.45) is 3.63. The van der Waals surface area contributed by atoms with Gasteiger partial charge in [0.15, 0.2) is 0 Å². The molecule has 2 heterocycles. The summed E-state index contributed by atoms with van der Waals surface area (Å²) < 4.78 is 13.8. The highest BCUT2D eigenvalue weighted by atomic mass is 32.1. The molecular formula is C19H21FN2O3S. The first-order chi connectivity index (χ1) is 12.5. The Morgan fingerprint density at radius 2 is 2.12 bits per heavy atom. The lowest BCUT2D eigenvalue weighted by Gasteiger charge is -2.35. The molecule has 0 spiro atoms. The van der Waals surface area contributed by atoms with Gasteiger partial charge < -0.3 is 10.0 Å². The zero-order valence-corrected chi connectivity index (χ0v) is 15.2. The number of hydrogen-bond donors (Lipinski definition) is 1. The van der Waals surface area contributed by atoms with Gasteiger partial charge in [-0.05, 0) is 37.3 Å². The van der Waals surface area contributed by atoms with Crippen LogP contribution in [0.15, 0.2) is 29.6 Å². The summed E-state index contributed by atoms with van der Waals surface area (Å²) in [4.78, 5) is 29.8. The Kier molecular flexibility index (Phi) is 5.98. The minimum absolute atomic E-state index is 0.0518. The maximum atomic E-state index is 13.8. The number of piperidine rings is 1. The number of carboxylic acid groups (broad SMARTS) is 1. The van der Waals surface area contributed by atoms with Gasteiger partial charge in [0, 0.05) is 30.8 Å². The van der Waals surface area contributed by atoms with Crippen LogP contribution in [0.5, 0.6) is 0 Å². The molecule has 0 saturated carbocycles. The van der Waals surface area contributed by atoms with Crippen LogP contribution < -0.4 is 0 Å². The van der Waals surface area contributed by atoms with E-state index in [-0.39, 0.29) is 24.2 Å². The van der Waals surface area contributed by atoms with Crippen LogP contribution in [0.4, 0.5) is 4.39 Å². The zero-order chi connectivity index (χ0) is 18.5. The lowest BCUT2D eigenvalue weighted by molar-refractivity contribution is -0.137. The Hall–Kier alpha value is -2.28. The van der Waals surface area contributed by atoms with Crippen molar-refractivity contribution in [2.24, 2.45) is 0 Å². The Morgan fingerprint density at radius 3 is 2.88 bits per heavy atom. The van der Waals surface area contributed by atoms with E-state index in [1.807, 2.05) is 0 Å². The number of thiazole rings is 1. The second kappa shape index (κ2) is 8.40. The number of carboxylic acids is 1. The molecule has 3 rings (SSSR count). The molecule has 1 N–H and O–H groups in total. The number of aliphatic carboxylic acids is 1. The molecule has 1 unspecified atom stereocenters. The van der Waals surface area contributed by atoms with E-state index in [4.69, 9.17) is 5.11 Å². The topological polar surface area (TPSA) is 70.5 Å². The third kappa shape index (κ3) is 4.46. The molecule has 1 atom stereocenters. The lowest BCUT2D eigenvalue weighted by atomic mass is 9.97. The predicted molar refractivity (Wildman–Crippen MR) is 96.9 cm³/mol. The summed E-state index contributed by atoms with van der Waals surface area (Å²) in [5.74, 6) is -1.28. The van der Waals surface area contributed by atoms with Crippen LogP contribution in [0, 0.1) is 5.82 Å². The van der Waals surface area contributed by atoms with E-state index in [0.717, 1.165) is 19.3 Å². The van der Waals surface area contributed by atoms with Crippen molar-refractivity contribution in [3.05, 3.63) is 51.7 Å². The van der Waals surface area contributed by atoms with Gasteiger partial charge in [-0.25, -0.2) is 9.37 Å². The number of carbonyl (C=O) groups is 2. The Labute approximate surface area is 155 Å². The summed E-state index contributed by atoms with van der Waals surface area (Å²) in [5, 5.41) is 11.3. The fourth-order valence-corrected chi connectivity index (χ4v) is 4.09. The molecule has 2 aromatic rings. The Bertz CT molecular complexity index is 793. The number of halogens is 1. The highest BCUT2D eigenvalue weighted by molar-refractivity contribution is 7.09. The van der Waals surface area contributed by atoms with Gasteiger partial charge in [-0.15, -0.1) is 11.3 Å². The van der Waals surface area contributed by atoms with Gasteiger partial charge in [0.2, 0.25) is 0 Å². The van der Waals surface area contributed by atoms with E-state index in [1.54, 1.807) is 28.5 Å². The van der Waals surface area contributed by atoms with Crippen molar-refractivity contribution in [3.8, 4) is 0 Å². The predicted octanol–water partition coefficient (Wildman–Crippen LogP) is 3.73. The summed E-state index contributed by atoms with van der Waals surface area (Å²) in [7, 11) is 0. The third-order valence-corrected chi connectivity index (χ3v) is 5.50. The van der Waals surface area contributed by atoms with E-state index in [1.165, 1.54) is 17.4 Å². The van der Waals surface area contributed by atoms with Crippen LogP contribution >= 0.6 is 11.3 Å². The summed E-state index contributed by atoms with van der Waals surface area (Å²) >= 11 is 1.35. The molecule has 1 aromatic heterocycles. The first kappa shape index (κ1) is 18.5. The van der Waals surface area contributed by atoms with Gasteiger partial charge in [-0.1, -0.05) is 18.2 Å². The SMILES string of the molecule is O=C(O)CCC1CCCCN1C(=O)c1csc(Cc2ccccc2F)n1. The molecule has 1 saturated heterocycles. The number of nitrogens with zero attached hydrogens (tertiary/aromatic N) is 2. The molecular weight excluding hydrogens is 355 g/mol. The van der Waals surface area contributed by atoms with Crippen LogP contribution in [-0.2, 0) is 11.2 Å². The molecule has 0 bridgehead atoms. The van der Waals surface area contributed by atoms with Crippen molar-refractivity contribution >= 4 is 23.2 Å². The highest BCUT2D eigenvalue weighted by Crippen LogP contribution is 2.24. The van der Waals surface area contributed by atoms with Gasteiger partial charge in [0.05, 0.1) is 5.01 Å². The molecule has 5 nitrogen and oxygen atoms in total. The summed E-state index contributed by atoms with van der Waals surface area (Å²) in [6.45, 7) is 0.628. The zero-order valence-electron chi connectivity index (χ0n) is 14.4. The van der Waals surface area contributed by atoms with Crippen LogP contribution in [-0.4, -0.2) is 39.5 Å². The smallest absolute Gasteiger partial charge is 0.303 e. The van der Waals surface area contributed by atoms with Crippen molar-refractivity contribution in [3.63, 3.8) is 0 Å².